The predicted octanol–water partition coefficient (Wildman–Crippen LogP) is 3.18. The minimum atomic E-state index is -1.07. The summed E-state index contributed by atoms with van der Waals surface area (Å²) >= 11 is 0. The summed E-state index contributed by atoms with van der Waals surface area (Å²) in [5, 5.41) is 24.5. The summed E-state index contributed by atoms with van der Waals surface area (Å²) < 4.78 is 5.51. The lowest BCUT2D eigenvalue weighted by Gasteiger charge is -2.30. The summed E-state index contributed by atoms with van der Waals surface area (Å²) in [4.78, 5) is 36.5. The standard InChI is InChI=1S/C26H30N2O6/c29-23-12-6-5-11-21(23)27-25(32)22(13-14-24(30)31)28-26(33)34-15-20-18-9-3-1-7-16(18)17-8-2-4-10-19(17)20/h1-4,7-10,20-23,29H,5-6,11-15H2,(H,27,32)(H,28,33)(H,30,31)/t21-,22?,23-/m0/s1. The molecule has 0 spiro atoms. The third kappa shape index (κ3) is 5.39. The molecule has 2 aliphatic rings. The lowest BCUT2D eigenvalue weighted by molar-refractivity contribution is -0.137. The van der Waals surface area contributed by atoms with Crippen LogP contribution in [-0.2, 0) is 14.3 Å². The van der Waals surface area contributed by atoms with Crippen molar-refractivity contribution in [3.8, 4) is 11.1 Å². The van der Waals surface area contributed by atoms with Crippen LogP contribution in [0.15, 0.2) is 48.5 Å². The predicted molar refractivity (Wildman–Crippen MR) is 125 cm³/mol. The Hall–Kier alpha value is -3.39. The average Bonchev–Trinajstić information content (AvgIpc) is 3.15. The lowest BCUT2D eigenvalue weighted by Crippen LogP contribution is -2.53. The fourth-order valence-corrected chi connectivity index (χ4v) is 4.88. The Morgan fingerprint density at radius 2 is 1.59 bits per heavy atom. The molecule has 0 radical (unpaired) electrons. The van der Waals surface area contributed by atoms with E-state index in [-0.39, 0.29) is 25.4 Å². The van der Waals surface area contributed by atoms with Crippen LogP contribution in [0.3, 0.4) is 0 Å². The monoisotopic (exact) mass is 466 g/mol. The van der Waals surface area contributed by atoms with E-state index in [0.29, 0.717) is 12.8 Å². The zero-order valence-electron chi connectivity index (χ0n) is 18.9. The quantitative estimate of drug-likeness (QED) is 0.474. The SMILES string of the molecule is O=C(O)CCC(NC(=O)OCC1c2ccccc2-c2ccccc21)C(=O)N[C@H]1CCCC[C@@H]1O. The van der Waals surface area contributed by atoms with Crippen LogP contribution in [0.25, 0.3) is 11.1 Å². The van der Waals surface area contributed by atoms with Gasteiger partial charge in [0.15, 0.2) is 0 Å². The molecule has 8 heteroatoms. The van der Waals surface area contributed by atoms with Crippen molar-refractivity contribution < 1.29 is 29.3 Å². The topological polar surface area (TPSA) is 125 Å². The van der Waals surface area contributed by atoms with E-state index in [1.807, 2.05) is 48.5 Å². The van der Waals surface area contributed by atoms with Crippen molar-refractivity contribution in [1.29, 1.82) is 0 Å². The van der Waals surface area contributed by atoms with Crippen molar-refractivity contribution >= 4 is 18.0 Å². The van der Waals surface area contributed by atoms with Gasteiger partial charge in [0.1, 0.15) is 12.6 Å². The number of ether oxygens (including phenoxy) is 1. The Balaban J connectivity index is 1.40. The number of hydrogen-bond donors (Lipinski definition) is 4. The average molecular weight is 467 g/mol. The van der Waals surface area contributed by atoms with Crippen LogP contribution in [0.1, 0.15) is 55.6 Å². The summed E-state index contributed by atoms with van der Waals surface area (Å²) in [5.41, 5.74) is 4.36. The highest BCUT2D eigenvalue weighted by atomic mass is 16.5. The first-order chi connectivity index (χ1) is 16.4. The number of carbonyl (C=O) groups excluding carboxylic acids is 2. The third-order valence-electron chi connectivity index (χ3n) is 6.66. The lowest BCUT2D eigenvalue weighted by atomic mass is 9.92. The van der Waals surface area contributed by atoms with Crippen molar-refractivity contribution in [2.75, 3.05) is 6.61 Å². The number of benzene rings is 2. The van der Waals surface area contributed by atoms with E-state index in [0.717, 1.165) is 35.1 Å². The first kappa shape index (κ1) is 23.8. The molecule has 3 atom stereocenters. The Kier molecular flexibility index (Phi) is 7.47. The number of hydrogen-bond acceptors (Lipinski definition) is 5. The fraction of sp³-hybridized carbons (Fsp3) is 0.423. The minimum absolute atomic E-state index is 0.0752. The van der Waals surface area contributed by atoms with E-state index in [9.17, 15) is 19.5 Å². The second-order valence-electron chi connectivity index (χ2n) is 8.92. The van der Waals surface area contributed by atoms with Crippen LogP contribution in [0.4, 0.5) is 4.79 Å². The van der Waals surface area contributed by atoms with Gasteiger partial charge in [-0.3, -0.25) is 9.59 Å². The Morgan fingerprint density at radius 1 is 0.971 bits per heavy atom. The fourth-order valence-electron chi connectivity index (χ4n) is 4.88. The van der Waals surface area contributed by atoms with Gasteiger partial charge in [-0.15, -0.1) is 0 Å². The molecule has 0 bridgehead atoms. The molecule has 4 N–H and O–H groups in total. The largest absolute Gasteiger partial charge is 0.481 e. The number of carboxylic acids is 1. The molecule has 180 valence electrons. The maximum atomic E-state index is 12.8. The van der Waals surface area contributed by atoms with E-state index in [1.165, 1.54) is 0 Å². The summed E-state index contributed by atoms with van der Waals surface area (Å²) in [7, 11) is 0. The van der Waals surface area contributed by atoms with Crippen LogP contribution in [0, 0.1) is 0 Å². The van der Waals surface area contributed by atoms with Crippen molar-refractivity contribution in [3.05, 3.63) is 59.7 Å². The highest BCUT2D eigenvalue weighted by molar-refractivity contribution is 5.86. The Bertz CT molecular complexity index is 1010. The molecule has 2 aromatic carbocycles. The maximum absolute atomic E-state index is 12.8. The minimum Gasteiger partial charge on any atom is -0.481 e. The molecule has 4 rings (SSSR count). The van der Waals surface area contributed by atoms with Gasteiger partial charge in [-0.25, -0.2) is 4.79 Å². The zero-order valence-corrected chi connectivity index (χ0v) is 18.9. The van der Waals surface area contributed by atoms with Gasteiger partial charge in [0.2, 0.25) is 5.91 Å². The number of aliphatic hydroxyl groups is 1. The number of amides is 2. The van der Waals surface area contributed by atoms with E-state index < -0.39 is 36.2 Å². The molecule has 34 heavy (non-hydrogen) atoms. The molecule has 0 aliphatic heterocycles. The summed E-state index contributed by atoms with van der Waals surface area (Å²) in [6.07, 6.45) is 1.25. The van der Waals surface area contributed by atoms with Crippen molar-refractivity contribution in [2.45, 2.75) is 62.6 Å². The second-order valence-corrected chi connectivity index (χ2v) is 8.92. The number of carboxylic acid groups (broad SMARTS) is 1. The van der Waals surface area contributed by atoms with Crippen LogP contribution in [0.2, 0.25) is 0 Å². The summed E-state index contributed by atoms with van der Waals surface area (Å²) in [6, 6.07) is 14.5. The third-order valence-corrected chi connectivity index (χ3v) is 6.66. The first-order valence-corrected chi connectivity index (χ1v) is 11.8. The van der Waals surface area contributed by atoms with E-state index in [4.69, 9.17) is 9.84 Å². The Morgan fingerprint density at radius 3 is 2.21 bits per heavy atom. The van der Waals surface area contributed by atoms with Gasteiger partial charge in [0.05, 0.1) is 12.1 Å². The molecule has 1 unspecified atom stereocenters. The molecule has 8 nitrogen and oxygen atoms in total. The van der Waals surface area contributed by atoms with Gasteiger partial charge in [-0.1, -0.05) is 61.4 Å². The molecule has 1 saturated carbocycles. The van der Waals surface area contributed by atoms with Gasteiger partial charge in [-0.2, -0.15) is 0 Å². The first-order valence-electron chi connectivity index (χ1n) is 11.8. The van der Waals surface area contributed by atoms with Crippen LogP contribution in [-0.4, -0.2) is 53.0 Å². The van der Waals surface area contributed by atoms with Crippen LogP contribution >= 0.6 is 0 Å². The van der Waals surface area contributed by atoms with Gasteiger partial charge < -0.3 is 25.6 Å². The number of fused-ring (bicyclic) bond motifs is 3. The molecule has 2 aromatic rings. The van der Waals surface area contributed by atoms with Gasteiger partial charge in [-0.05, 0) is 41.5 Å². The number of aliphatic carboxylic acids is 1. The Labute approximate surface area is 198 Å². The van der Waals surface area contributed by atoms with Crippen molar-refractivity contribution in [1.82, 2.24) is 10.6 Å². The second kappa shape index (κ2) is 10.7. The zero-order chi connectivity index (χ0) is 24.1. The molecule has 0 aromatic heterocycles. The van der Waals surface area contributed by atoms with Crippen LogP contribution < -0.4 is 10.6 Å². The molecular formula is C26H30N2O6. The molecule has 1 fully saturated rings. The summed E-state index contributed by atoms with van der Waals surface area (Å²) in [5.74, 6) is -1.70. The van der Waals surface area contributed by atoms with Gasteiger partial charge in [0, 0.05) is 12.3 Å². The molecule has 0 saturated heterocycles. The van der Waals surface area contributed by atoms with Crippen LogP contribution in [0.5, 0.6) is 0 Å². The molecule has 2 amide bonds. The number of rotatable bonds is 8. The van der Waals surface area contributed by atoms with E-state index in [1.54, 1.807) is 0 Å². The number of carbonyl (C=O) groups is 3. The van der Waals surface area contributed by atoms with E-state index >= 15 is 0 Å². The number of alkyl carbamates (subject to hydrolysis) is 1. The highest BCUT2D eigenvalue weighted by Gasteiger charge is 2.31. The normalized spacial score (nSPS) is 20.0. The highest BCUT2D eigenvalue weighted by Crippen LogP contribution is 2.44. The summed E-state index contributed by atoms with van der Waals surface area (Å²) in [6.45, 7) is 0.0917. The molecular weight excluding hydrogens is 436 g/mol. The number of nitrogens with one attached hydrogen (secondary N) is 2. The van der Waals surface area contributed by atoms with Gasteiger partial charge >= 0.3 is 12.1 Å². The van der Waals surface area contributed by atoms with E-state index in [2.05, 4.69) is 10.6 Å². The molecule has 2 aliphatic carbocycles. The number of aliphatic hydroxyl groups excluding tert-OH is 1. The maximum Gasteiger partial charge on any atom is 0.407 e. The smallest absolute Gasteiger partial charge is 0.407 e. The van der Waals surface area contributed by atoms with Crippen molar-refractivity contribution in [3.63, 3.8) is 0 Å². The molecule has 0 heterocycles. The van der Waals surface area contributed by atoms with Gasteiger partial charge in [0.25, 0.3) is 0 Å². The van der Waals surface area contributed by atoms with Crippen molar-refractivity contribution in [2.24, 2.45) is 0 Å².